The van der Waals surface area contributed by atoms with E-state index in [4.69, 9.17) is 4.98 Å². The number of piperidine rings is 2. The van der Waals surface area contributed by atoms with Gasteiger partial charge in [0, 0.05) is 35.9 Å². The Morgan fingerprint density at radius 1 is 1.00 bits per heavy atom. The summed E-state index contributed by atoms with van der Waals surface area (Å²) in [6.45, 7) is 6.68. The second kappa shape index (κ2) is 11.1. The van der Waals surface area contributed by atoms with Gasteiger partial charge in [-0.3, -0.25) is 9.78 Å². The lowest BCUT2D eigenvalue weighted by molar-refractivity contribution is 0.0903. The van der Waals surface area contributed by atoms with Gasteiger partial charge in [0.1, 0.15) is 0 Å². The molecular weight excluding hydrogens is 422 g/mol. The summed E-state index contributed by atoms with van der Waals surface area (Å²) in [5, 5.41) is 4.03. The summed E-state index contributed by atoms with van der Waals surface area (Å²) >= 11 is 0. The third kappa shape index (κ3) is 5.45. The van der Waals surface area contributed by atoms with E-state index in [1.807, 2.05) is 42.5 Å². The van der Waals surface area contributed by atoms with Gasteiger partial charge in [-0.2, -0.15) is 0 Å². The van der Waals surface area contributed by atoms with Crippen molar-refractivity contribution in [2.75, 3.05) is 39.3 Å². The van der Waals surface area contributed by atoms with Crippen molar-refractivity contribution in [3.63, 3.8) is 0 Å². The minimum atomic E-state index is -0.0347. The molecule has 2 fully saturated rings. The Kier molecular flexibility index (Phi) is 7.46. The van der Waals surface area contributed by atoms with Crippen molar-refractivity contribution in [3.8, 4) is 11.3 Å². The Morgan fingerprint density at radius 3 is 2.62 bits per heavy atom. The van der Waals surface area contributed by atoms with Gasteiger partial charge in [0.25, 0.3) is 5.91 Å². The SMILES string of the molecule is O=C(NCCCN1CCC(N2CCCCC2)CC1)c1cc(-c2cccnc2)nc2ccccc12. The van der Waals surface area contributed by atoms with Crippen LogP contribution in [0.1, 0.15) is 48.9 Å². The smallest absolute Gasteiger partial charge is 0.252 e. The molecule has 1 aromatic carbocycles. The summed E-state index contributed by atoms with van der Waals surface area (Å²) in [6, 6.07) is 14.4. The van der Waals surface area contributed by atoms with Crippen LogP contribution in [0.2, 0.25) is 0 Å². The maximum atomic E-state index is 13.1. The summed E-state index contributed by atoms with van der Waals surface area (Å²) in [6.07, 6.45) is 11.2. The predicted octanol–water partition coefficient (Wildman–Crippen LogP) is 4.37. The third-order valence-corrected chi connectivity index (χ3v) is 7.32. The molecular formula is C28H35N5O. The number of amides is 1. The topological polar surface area (TPSA) is 61.4 Å². The molecule has 2 aromatic heterocycles. The molecule has 2 saturated heterocycles. The maximum absolute atomic E-state index is 13.1. The van der Waals surface area contributed by atoms with E-state index >= 15 is 0 Å². The number of carbonyl (C=O) groups excluding carboxylic acids is 1. The molecule has 0 unspecified atom stereocenters. The predicted molar refractivity (Wildman–Crippen MR) is 137 cm³/mol. The number of para-hydroxylation sites is 1. The zero-order valence-corrected chi connectivity index (χ0v) is 20.0. The molecule has 0 bridgehead atoms. The standard InChI is InChI=1S/C28H35N5O/c34-28(30-14-7-15-32-18-11-23(12-19-32)33-16-4-1-5-17-33)25-20-27(22-8-6-13-29-21-22)31-26-10-3-2-9-24(25)26/h2-3,6,8-10,13,20-21,23H,1,4-5,7,11-12,14-19H2,(H,30,34). The van der Waals surface area contributed by atoms with Gasteiger partial charge in [0.15, 0.2) is 0 Å². The molecule has 2 aliphatic rings. The Labute approximate surface area is 202 Å². The normalized spacial score (nSPS) is 18.2. The molecule has 1 N–H and O–H groups in total. The molecule has 3 aromatic rings. The highest BCUT2D eigenvalue weighted by molar-refractivity contribution is 6.07. The zero-order valence-electron chi connectivity index (χ0n) is 20.0. The van der Waals surface area contributed by atoms with Crippen LogP contribution < -0.4 is 5.32 Å². The van der Waals surface area contributed by atoms with Gasteiger partial charge in [-0.05, 0) is 89.1 Å². The number of benzene rings is 1. The van der Waals surface area contributed by atoms with Crippen molar-refractivity contribution in [1.29, 1.82) is 0 Å². The van der Waals surface area contributed by atoms with E-state index in [9.17, 15) is 4.79 Å². The monoisotopic (exact) mass is 457 g/mol. The van der Waals surface area contributed by atoms with Crippen molar-refractivity contribution >= 4 is 16.8 Å². The van der Waals surface area contributed by atoms with Crippen LogP contribution in [0.25, 0.3) is 22.2 Å². The first kappa shape index (κ1) is 22.9. The molecule has 0 atom stereocenters. The van der Waals surface area contributed by atoms with Crippen molar-refractivity contribution in [2.24, 2.45) is 0 Å². The van der Waals surface area contributed by atoms with Gasteiger partial charge >= 0.3 is 0 Å². The molecule has 1 amide bonds. The van der Waals surface area contributed by atoms with Crippen LogP contribution in [-0.4, -0.2) is 71.0 Å². The number of nitrogens with one attached hydrogen (secondary N) is 1. The van der Waals surface area contributed by atoms with Crippen LogP contribution in [0.3, 0.4) is 0 Å². The Bertz CT molecular complexity index is 1090. The highest BCUT2D eigenvalue weighted by Crippen LogP contribution is 2.24. The molecule has 6 nitrogen and oxygen atoms in total. The Hall–Kier alpha value is -2.83. The molecule has 0 spiro atoms. The van der Waals surface area contributed by atoms with Gasteiger partial charge in [-0.25, -0.2) is 4.98 Å². The first-order valence-corrected chi connectivity index (χ1v) is 12.8. The van der Waals surface area contributed by atoms with Gasteiger partial charge in [0.2, 0.25) is 0 Å². The average molecular weight is 458 g/mol. The van der Waals surface area contributed by atoms with Crippen LogP contribution in [-0.2, 0) is 0 Å². The van der Waals surface area contributed by atoms with E-state index in [1.165, 1.54) is 58.3 Å². The number of carbonyl (C=O) groups is 1. The third-order valence-electron chi connectivity index (χ3n) is 7.32. The molecule has 0 saturated carbocycles. The molecule has 0 radical (unpaired) electrons. The second-order valence-corrected chi connectivity index (χ2v) is 9.59. The fourth-order valence-corrected chi connectivity index (χ4v) is 5.42. The van der Waals surface area contributed by atoms with Crippen molar-refractivity contribution < 1.29 is 4.79 Å². The zero-order chi connectivity index (χ0) is 23.2. The Morgan fingerprint density at radius 2 is 1.82 bits per heavy atom. The average Bonchev–Trinajstić information content (AvgIpc) is 2.91. The quantitative estimate of drug-likeness (QED) is 0.534. The summed E-state index contributed by atoms with van der Waals surface area (Å²) in [5.41, 5.74) is 3.18. The number of hydrogen-bond donors (Lipinski definition) is 1. The lowest BCUT2D eigenvalue weighted by atomic mass is 10.00. The fourth-order valence-electron chi connectivity index (χ4n) is 5.42. The molecule has 2 aliphatic heterocycles. The van der Waals surface area contributed by atoms with Crippen LogP contribution in [0.5, 0.6) is 0 Å². The number of nitrogens with zero attached hydrogens (tertiary/aromatic N) is 4. The van der Waals surface area contributed by atoms with E-state index < -0.39 is 0 Å². The summed E-state index contributed by atoms with van der Waals surface area (Å²) in [7, 11) is 0. The van der Waals surface area contributed by atoms with Crippen LogP contribution >= 0.6 is 0 Å². The van der Waals surface area contributed by atoms with E-state index in [0.717, 1.165) is 41.2 Å². The van der Waals surface area contributed by atoms with Crippen molar-refractivity contribution in [2.45, 2.75) is 44.6 Å². The summed E-state index contributed by atoms with van der Waals surface area (Å²) in [5.74, 6) is -0.0347. The van der Waals surface area contributed by atoms with Crippen LogP contribution in [0.15, 0.2) is 54.9 Å². The van der Waals surface area contributed by atoms with E-state index in [2.05, 4.69) is 20.1 Å². The molecule has 4 heterocycles. The van der Waals surface area contributed by atoms with Gasteiger partial charge in [-0.15, -0.1) is 0 Å². The number of hydrogen-bond acceptors (Lipinski definition) is 5. The maximum Gasteiger partial charge on any atom is 0.252 e. The van der Waals surface area contributed by atoms with Crippen molar-refractivity contribution in [1.82, 2.24) is 25.1 Å². The van der Waals surface area contributed by atoms with Gasteiger partial charge in [-0.1, -0.05) is 24.6 Å². The largest absolute Gasteiger partial charge is 0.352 e. The molecule has 5 rings (SSSR count). The summed E-state index contributed by atoms with van der Waals surface area (Å²) in [4.78, 5) is 27.4. The van der Waals surface area contributed by atoms with E-state index in [-0.39, 0.29) is 5.91 Å². The molecule has 178 valence electrons. The number of fused-ring (bicyclic) bond motifs is 1. The number of pyridine rings is 2. The fraction of sp³-hybridized carbons (Fsp3) is 0.464. The van der Waals surface area contributed by atoms with Crippen LogP contribution in [0.4, 0.5) is 0 Å². The highest BCUT2D eigenvalue weighted by atomic mass is 16.1. The minimum Gasteiger partial charge on any atom is -0.352 e. The second-order valence-electron chi connectivity index (χ2n) is 9.59. The molecule has 34 heavy (non-hydrogen) atoms. The van der Waals surface area contributed by atoms with Crippen LogP contribution in [0, 0.1) is 0 Å². The lowest BCUT2D eigenvalue weighted by Gasteiger charge is -2.40. The first-order valence-electron chi connectivity index (χ1n) is 12.8. The van der Waals surface area contributed by atoms with Crippen molar-refractivity contribution in [3.05, 3.63) is 60.4 Å². The van der Waals surface area contributed by atoms with E-state index in [1.54, 1.807) is 12.4 Å². The molecule has 0 aliphatic carbocycles. The molecule has 6 heteroatoms. The summed E-state index contributed by atoms with van der Waals surface area (Å²) < 4.78 is 0. The van der Waals surface area contributed by atoms with Gasteiger partial charge in [0.05, 0.1) is 16.8 Å². The minimum absolute atomic E-state index is 0.0347. The lowest BCUT2D eigenvalue weighted by Crippen LogP contribution is -2.47. The van der Waals surface area contributed by atoms with Gasteiger partial charge < -0.3 is 15.1 Å². The Balaban J connectivity index is 1.15. The van der Waals surface area contributed by atoms with E-state index in [0.29, 0.717) is 12.1 Å². The number of likely N-dealkylation sites (tertiary alicyclic amines) is 2. The first-order chi connectivity index (χ1) is 16.8. The highest BCUT2D eigenvalue weighted by Gasteiger charge is 2.25. The number of rotatable bonds is 7. The number of aromatic nitrogens is 2.